The van der Waals surface area contributed by atoms with E-state index in [-0.39, 0.29) is 5.75 Å². The number of rotatable bonds is 3. The molecule has 0 bridgehead atoms. The fraction of sp³-hybridized carbons (Fsp3) is 0.250. The van der Waals surface area contributed by atoms with Crippen molar-refractivity contribution in [3.05, 3.63) is 34.3 Å². The Morgan fingerprint density at radius 3 is 2.50 bits per heavy atom. The van der Waals surface area contributed by atoms with E-state index in [2.05, 4.69) is 15.9 Å². The van der Waals surface area contributed by atoms with Gasteiger partial charge in [-0.05, 0) is 18.1 Å². The van der Waals surface area contributed by atoms with E-state index >= 15 is 0 Å². The van der Waals surface area contributed by atoms with Gasteiger partial charge in [0, 0.05) is 4.47 Å². The number of hydrogen-bond acceptors (Lipinski definition) is 2. The molecule has 66 valence electrons. The van der Waals surface area contributed by atoms with E-state index in [4.69, 9.17) is 0 Å². The summed E-state index contributed by atoms with van der Waals surface area (Å²) in [5.41, 5.74) is 1.04. The summed E-state index contributed by atoms with van der Waals surface area (Å²) >= 11 is 3.35. The summed E-state index contributed by atoms with van der Waals surface area (Å²) < 4.78 is 21.6. The van der Waals surface area contributed by atoms with Crippen molar-refractivity contribution in [2.75, 3.05) is 5.75 Å². The fourth-order valence-corrected chi connectivity index (χ4v) is 1.82. The molecule has 1 rings (SSSR count). The molecule has 0 radical (unpaired) electrons. The Balaban J connectivity index is 2.69. The van der Waals surface area contributed by atoms with E-state index in [1.807, 2.05) is 24.3 Å². The van der Waals surface area contributed by atoms with Crippen molar-refractivity contribution in [2.45, 2.75) is 6.42 Å². The van der Waals surface area contributed by atoms with Crippen LogP contribution in [-0.4, -0.2) is 14.2 Å². The number of benzene rings is 1. The Morgan fingerprint density at radius 1 is 1.25 bits per heavy atom. The summed E-state index contributed by atoms with van der Waals surface area (Å²) in [6.45, 7) is 0. The molecule has 0 aromatic heterocycles. The van der Waals surface area contributed by atoms with Crippen molar-refractivity contribution in [2.24, 2.45) is 0 Å². The van der Waals surface area contributed by atoms with Gasteiger partial charge in [0.1, 0.15) is 10.7 Å². The first-order chi connectivity index (χ1) is 5.70. The first-order valence-corrected chi connectivity index (χ1v) is 5.71. The van der Waals surface area contributed by atoms with Gasteiger partial charge >= 0.3 is 0 Å². The molecule has 1 aromatic rings. The van der Waals surface area contributed by atoms with Gasteiger partial charge in [0.05, 0.1) is 5.75 Å². The topological polar surface area (TPSA) is 34.1 Å². The lowest BCUT2D eigenvalue weighted by atomic mass is 10.2. The molecule has 1 aromatic carbocycles. The maximum absolute atomic E-state index is 10.3. The van der Waals surface area contributed by atoms with Crippen LogP contribution in [0.5, 0.6) is 0 Å². The molecule has 0 aliphatic carbocycles. The van der Waals surface area contributed by atoms with Gasteiger partial charge in [0.25, 0.3) is 0 Å². The molecule has 0 aliphatic heterocycles. The van der Waals surface area contributed by atoms with Crippen LogP contribution < -0.4 is 0 Å². The Morgan fingerprint density at radius 2 is 1.92 bits per heavy atom. The molecule has 2 nitrogen and oxygen atoms in total. The van der Waals surface area contributed by atoms with E-state index in [0.29, 0.717) is 6.42 Å². The highest BCUT2D eigenvalue weighted by Gasteiger charge is 1.97. The molecule has 0 N–H and O–H groups in total. The smallest absolute Gasteiger partial charge is 0.140 e. The molecule has 0 saturated heterocycles. The molecule has 0 saturated carbocycles. The minimum atomic E-state index is -2.26. The minimum Gasteiger partial charge on any atom is -0.232 e. The zero-order valence-corrected chi connectivity index (χ0v) is 8.85. The zero-order chi connectivity index (χ0) is 8.97. The highest BCUT2D eigenvalue weighted by atomic mass is 79.9. The van der Waals surface area contributed by atoms with Gasteiger partial charge < -0.3 is 0 Å². The average molecular weight is 249 g/mol. The van der Waals surface area contributed by atoms with Crippen molar-refractivity contribution in [1.29, 1.82) is 0 Å². The Labute approximate surface area is 81.7 Å². The molecule has 0 atom stereocenters. The van der Waals surface area contributed by atoms with Crippen LogP contribution in [0, 0.1) is 0 Å². The van der Waals surface area contributed by atoms with Crippen LogP contribution in [0.1, 0.15) is 5.56 Å². The summed E-state index contributed by atoms with van der Waals surface area (Å²) in [5, 5.41) is 0. The third-order valence-electron chi connectivity index (χ3n) is 1.52. The summed E-state index contributed by atoms with van der Waals surface area (Å²) in [4.78, 5) is 0. The molecular formula is C8H9BrO2S. The quantitative estimate of drug-likeness (QED) is 0.825. The monoisotopic (exact) mass is 248 g/mol. The van der Waals surface area contributed by atoms with Gasteiger partial charge in [-0.2, -0.15) is 0 Å². The van der Waals surface area contributed by atoms with Gasteiger partial charge in [0.15, 0.2) is 0 Å². The van der Waals surface area contributed by atoms with Crippen LogP contribution in [-0.2, 0) is 17.1 Å². The van der Waals surface area contributed by atoms with Crippen LogP contribution in [0.4, 0.5) is 0 Å². The van der Waals surface area contributed by atoms with Gasteiger partial charge in [-0.15, -0.1) is 0 Å². The predicted octanol–water partition coefficient (Wildman–Crippen LogP) is 1.60. The van der Waals surface area contributed by atoms with Crippen LogP contribution in [0.3, 0.4) is 0 Å². The molecular weight excluding hydrogens is 240 g/mol. The largest absolute Gasteiger partial charge is 0.232 e. The molecule has 0 spiro atoms. The lowest BCUT2D eigenvalue weighted by Crippen LogP contribution is -1.94. The summed E-state index contributed by atoms with van der Waals surface area (Å²) in [7, 11) is -2.26. The molecule has 4 heteroatoms. The Kier molecular flexibility index (Phi) is 3.75. The molecule has 0 fully saturated rings. The standard InChI is InChI=1S/C8H9BrO2S/c9-8-4-2-1-3-7(8)5-6-12(10)11/h1-4,12H,5-6H2. The van der Waals surface area contributed by atoms with E-state index in [1.54, 1.807) is 0 Å². The average Bonchev–Trinajstić information content (AvgIpc) is 2.03. The van der Waals surface area contributed by atoms with E-state index in [9.17, 15) is 8.42 Å². The van der Waals surface area contributed by atoms with Crippen molar-refractivity contribution in [3.8, 4) is 0 Å². The van der Waals surface area contributed by atoms with Crippen molar-refractivity contribution >= 4 is 26.6 Å². The van der Waals surface area contributed by atoms with E-state index in [0.717, 1.165) is 10.0 Å². The summed E-state index contributed by atoms with van der Waals surface area (Å²) in [5.74, 6) is 0.220. The van der Waals surface area contributed by atoms with Gasteiger partial charge in [-0.1, -0.05) is 34.1 Å². The normalized spacial score (nSPS) is 10.5. The van der Waals surface area contributed by atoms with Crippen molar-refractivity contribution in [1.82, 2.24) is 0 Å². The second-order valence-corrected chi connectivity index (χ2v) is 4.36. The Bertz CT molecular complexity index is 326. The maximum Gasteiger partial charge on any atom is 0.140 e. The number of hydrogen-bond donors (Lipinski definition) is 1. The second-order valence-electron chi connectivity index (χ2n) is 2.40. The highest BCUT2D eigenvalue weighted by Crippen LogP contribution is 2.15. The highest BCUT2D eigenvalue weighted by molar-refractivity contribution is 9.10. The third-order valence-corrected chi connectivity index (χ3v) is 2.88. The maximum atomic E-state index is 10.3. The minimum absolute atomic E-state index is 0.220. The Hall–Kier alpha value is -0.350. The molecule has 12 heavy (non-hydrogen) atoms. The molecule has 0 unspecified atom stereocenters. The lowest BCUT2D eigenvalue weighted by Gasteiger charge is -1.99. The van der Waals surface area contributed by atoms with Crippen molar-refractivity contribution < 1.29 is 8.42 Å². The van der Waals surface area contributed by atoms with Crippen LogP contribution in [0.15, 0.2) is 28.7 Å². The SMILES string of the molecule is O=[SH](=O)CCc1ccccc1Br. The zero-order valence-electron chi connectivity index (χ0n) is 6.37. The van der Waals surface area contributed by atoms with E-state index < -0.39 is 10.7 Å². The first kappa shape index (κ1) is 9.74. The van der Waals surface area contributed by atoms with E-state index in [1.165, 1.54) is 0 Å². The predicted molar refractivity (Wildman–Crippen MR) is 53.0 cm³/mol. The van der Waals surface area contributed by atoms with Gasteiger partial charge in [-0.25, -0.2) is 8.42 Å². The van der Waals surface area contributed by atoms with Crippen LogP contribution in [0.25, 0.3) is 0 Å². The third kappa shape index (κ3) is 2.95. The second kappa shape index (κ2) is 4.62. The number of thiol groups is 1. The van der Waals surface area contributed by atoms with Crippen LogP contribution >= 0.6 is 15.9 Å². The van der Waals surface area contributed by atoms with Crippen LogP contribution in [0.2, 0.25) is 0 Å². The number of aryl methyl sites for hydroxylation is 1. The molecule has 0 aliphatic rings. The van der Waals surface area contributed by atoms with Crippen molar-refractivity contribution in [3.63, 3.8) is 0 Å². The fourth-order valence-electron chi connectivity index (χ4n) is 0.913. The lowest BCUT2D eigenvalue weighted by molar-refractivity contribution is 0.614. The number of halogens is 1. The summed E-state index contributed by atoms with van der Waals surface area (Å²) in [6, 6.07) is 7.64. The molecule has 0 heterocycles. The summed E-state index contributed by atoms with van der Waals surface area (Å²) in [6.07, 6.45) is 0.583. The van der Waals surface area contributed by atoms with Gasteiger partial charge in [0.2, 0.25) is 0 Å². The first-order valence-electron chi connectivity index (χ1n) is 3.55. The molecule has 0 amide bonds. The van der Waals surface area contributed by atoms with Gasteiger partial charge in [-0.3, -0.25) is 0 Å².